The number of rotatable bonds is 13. The van der Waals surface area contributed by atoms with Gasteiger partial charge in [-0.05, 0) is 37.0 Å². The molecule has 0 N–H and O–H groups in total. The maximum atomic E-state index is 11.0. The quantitative estimate of drug-likeness (QED) is 0.378. The van der Waals surface area contributed by atoms with Gasteiger partial charge in [0.2, 0.25) is 0 Å². The van der Waals surface area contributed by atoms with E-state index in [-0.39, 0.29) is 5.97 Å². The largest absolute Gasteiger partial charge is 0.493 e. The van der Waals surface area contributed by atoms with Crippen LogP contribution >= 0.6 is 0 Å². The first-order valence-corrected chi connectivity index (χ1v) is 8.99. The molecule has 0 atom stereocenters. The van der Waals surface area contributed by atoms with Crippen molar-refractivity contribution in [3.05, 3.63) is 23.8 Å². The standard InChI is InChI=1S/C20H32O4/c1-22-18-15-14-17(16-19(18)23-2)12-10-8-6-4-5-7-9-11-13-20(21)24-3/h14-16H,4-13H2,1-3H3. The Morgan fingerprint density at radius 3 is 1.96 bits per heavy atom. The average Bonchev–Trinajstić information content (AvgIpc) is 2.62. The van der Waals surface area contributed by atoms with Gasteiger partial charge in [-0.25, -0.2) is 0 Å². The highest BCUT2D eigenvalue weighted by Crippen LogP contribution is 2.28. The molecule has 0 saturated heterocycles. The number of unbranched alkanes of at least 4 members (excludes halogenated alkanes) is 7. The molecule has 1 rings (SSSR count). The summed E-state index contributed by atoms with van der Waals surface area (Å²) in [6, 6.07) is 6.16. The van der Waals surface area contributed by atoms with Gasteiger partial charge in [0, 0.05) is 6.42 Å². The van der Waals surface area contributed by atoms with Crippen molar-refractivity contribution in [2.45, 2.75) is 64.2 Å². The number of carbonyl (C=O) groups excluding carboxylic acids is 1. The van der Waals surface area contributed by atoms with E-state index < -0.39 is 0 Å². The Hall–Kier alpha value is -1.71. The third-order valence-corrected chi connectivity index (χ3v) is 4.27. The molecule has 0 saturated carbocycles. The Morgan fingerprint density at radius 1 is 0.792 bits per heavy atom. The summed E-state index contributed by atoms with van der Waals surface area (Å²) < 4.78 is 15.2. The maximum absolute atomic E-state index is 11.0. The highest BCUT2D eigenvalue weighted by molar-refractivity contribution is 5.68. The van der Waals surface area contributed by atoms with Crippen LogP contribution in [0, 0.1) is 0 Å². The minimum absolute atomic E-state index is 0.0924. The fourth-order valence-electron chi connectivity index (χ4n) is 2.80. The Bertz CT molecular complexity index is 471. The fraction of sp³-hybridized carbons (Fsp3) is 0.650. The van der Waals surface area contributed by atoms with Crippen molar-refractivity contribution in [3.63, 3.8) is 0 Å². The molecule has 0 aliphatic rings. The second kappa shape index (κ2) is 12.7. The molecule has 136 valence electrons. The van der Waals surface area contributed by atoms with E-state index in [2.05, 4.69) is 16.9 Å². The van der Waals surface area contributed by atoms with Crippen LogP contribution < -0.4 is 9.47 Å². The molecule has 0 bridgehead atoms. The zero-order valence-corrected chi connectivity index (χ0v) is 15.4. The summed E-state index contributed by atoms with van der Waals surface area (Å²) in [5.74, 6) is 1.50. The molecule has 24 heavy (non-hydrogen) atoms. The zero-order valence-electron chi connectivity index (χ0n) is 15.4. The van der Waals surface area contributed by atoms with E-state index in [9.17, 15) is 4.79 Å². The smallest absolute Gasteiger partial charge is 0.305 e. The Labute approximate surface area is 146 Å². The predicted octanol–water partition coefficient (Wildman–Crippen LogP) is 4.93. The fourth-order valence-corrected chi connectivity index (χ4v) is 2.80. The van der Waals surface area contributed by atoms with Gasteiger partial charge in [0.25, 0.3) is 0 Å². The van der Waals surface area contributed by atoms with Crippen LogP contribution in [0.15, 0.2) is 18.2 Å². The zero-order chi connectivity index (χ0) is 17.6. The van der Waals surface area contributed by atoms with Crippen molar-refractivity contribution in [2.75, 3.05) is 21.3 Å². The van der Waals surface area contributed by atoms with Gasteiger partial charge in [0.1, 0.15) is 0 Å². The molecule has 0 radical (unpaired) electrons. The van der Waals surface area contributed by atoms with Crippen LogP contribution in [-0.4, -0.2) is 27.3 Å². The lowest BCUT2D eigenvalue weighted by Gasteiger charge is -2.09. The first kappa shape index (κ1) is 20.3. The van der Waals surface area contributed by atoms with Gasteiger partial charge in [0.05, 0.1) is 21.3 Å². The number of aryl methyl sites for hydroxylation is 1. The molecule has 0 aliphatic heterocycles. The molecule has 0 amide bonds. The van der Waals surface area contributed by atoms with Crippen LogP contribution in [0.1, 0.15) is 63.4 Å². The lowest BCUT2D eigenvalue weighted by molar-refractivity contribution is -0.140. The van der Waals surface area contributed by atoms with E-state index in [0.717, 1.165) is 30.8 Å². The molecule has 4 heteroatoms. The van der Waals surface area contributed by atoms with Crippen molar-refractivity contribution >= 4 is 5.97 Å². The van der Waals surface area contributed by atoms with Gasteiger partial charge in [-0.3, -0.25) is 4.79 Å². The van der Waals surface area contributed by atoms with Crippen molar-refractivity contribution in [2.24, 2.45) is 0 Å². The van der Waals surface area contributed by atoms with Crippen LogP contribution in [0.4, 0.5) is 0 Å². The molecule has 0 aromatic heterocycles. The number of ether oxygens (including phenoxy) is 3. The second-order valence-corrected chi connectivity index (χ2v) is 6.09. The van der Waals surface area contributed by atoms with Gasteiger partial charge in [-0.1, -0.05) is 44.6 Å². The van der Waals surface area contributed by atoms with Gasteiger partial charge in [-0.2, -0.15) is 0 Å². The maximum Gasteiger partial charge on any atom is 0.305 e. The summed E-state index contributed by atoms with van der Waals surface area (Å²) in [5.41, 5.74) is 1.30. The third-order valence-electron chi connectivity index (χ3n) is 4.27. The molecular formula is C20H32O4. The van der Waals surface area contributed by atoms with Crippen molar-refractivity contribution < 1.29 is 19.0 Å². The summed E-state index contributed by atoms with van der Waals surface area (Å²) in [5, 5.41) is 0. The van der Waals surface area contributed by atoms with E-state index in [1.165, 1.54) is 51.2 Å². The number of hydrogen-bond donors (Lipinski definition) is 0. The third kappa shape index (κ3) is 8.23. The molecule has 0 spiro atoms. The Morgan fingerprint density at radius 2 is 1.38 bits per heavy atom. The molecule has 0 fully saturated rings. The average molecular weight is 336 g/mol. The Kier molecular flexibility index (Phi) is 10.7. The highest BCUT2D eigenvalue weighted by atomic mass is 16.5. The summed E-state index contributed by atoms with van der Waals surface area (Å²) in [4.78, 5) is 11.0. The number of esters is 1. The minimum Gasteiger partial charge on any atom is -0.493 e. The van der Waals surface area contributed by atoms with Crippen molar-refractivity contribution in [1.82, 2.24) is 0 Å². The van der Waals surface area contributed by atoms with Gasteiger partial charge >= 0.3 is 5.97 Å². The van der Waals surface area contributed by atoms with Crippen LogP contribution in [0.2, 0.25) is 0 Å². The molecular weight excluding hydrogens is 304 g/mol. The molecule has 0 heterocycles. The summed E-state index contributed by atoms with van der Waals surface area (Å²) in [6.07, 6.45) is 11.2. The van der Waals surface area contributed by atoms with Crippen molar-refractivity contribution in [3.8, 4) is 11.5 Å². The van der Waals surface area contributed by atoms with Crippen LogP contribution in [-0.2, 0) is 16.0 Å². The molecule has 4 nitrogen and oxygen atoms in total. The predicted molar refractivity (Wildman–Crippen MR) is 96.8 cm³/mol. The van der Waals surface area contributed by atoms with Gasteiger partial charge in [0.15, 0.2) is 11.5 Å². The SMILES string of the molecule is COC(=O)CCCCCCCCCCc1ccc(OC)c(OC)c1. The summed E-state index contributed by atoms with van der Waals surface area (Å²) >= 11 is 0. The van der Waals surface area contributed by atoms with E-state index in [1.54, 1.807) is 14.2 Å². The molecule has 1 aromatic rings. The van der Waals surface area contributed by atoms with Gasteiger partial charge in [-0.15, -0.1) is 0 Å². The Balaban J connectivity index is 2.03. The molecule has 0 aliphatic carbocycles. The number of carbonyl (C=O) groups is 1. The van der Waals surface area contributed by atoms with E-state index in [4.69, 9.17) is 9.47 Å². The van der Waals surface area contributed by atoms with Gasteiger partial charge < -0.3 is 14.2 Å². The summed E-state index contributed by atoms with van der Waals surface area (Å²) in [7, 11) is 4.78. The second-order valence-electron chi connectivity index (χ2n) is 6.09. The minimum atomic E-state index is -0.0924. The van der Waals surface area contributed by atoms with E-state index >= 15 is 0 Å². The van der Waals surface area contributed by atoms with E-state index in [0.29, 0.717) is 6.42 Å². The first-order chi connectivity index (χ1) is 11.7. The monoisotopic (exact) mass is 336 g/mol. The number of hydrogen-bond acceptors (Lipinski definition) is 4. The molecule has 0 unspecified atom stereocenters. The summed E-state index contributed by atoms with van der Waals surface area (Å²) in [6.45, 7) is 0. The van der Waals surface area contributed by atoms with E-state index in [1.807, 2.05) is 6.07 Å². The number of methoxy groups -OCH3 is 3. The lowest BCUT2D eigenvalue weighted by atomic mass is 10.0. The molecule has 1 aromatic carbocycles. The lowest BCUT2D eigenvalue weighted by Crippen LogP contribution is -1.99. The normalized spacial score (nSPS) is 10.5. The number of benzene rings is 1. The van der Waals surface area contributed by atoms with Crippen LogP contribution in [0.25, 0.3) is 0 Å². The topological polar surface area (TPSA) is 44.8 Å². The van der Waals surface area contributed by atoms with Crippen molar-refractivity contribution in [1.29, 1.82) is 0 Å². The van der Waals surface area contributed by atoms with Crippen LogP contribution in [0.5, 0.6) is 11.5 Å². The first-order valence-electron chi connectivity index (χ1n) is 8.99. The highest BCUT2D eigenvalue weighted by Gasteiger charge is 2.04. The van der Waals surface area contributed by atoms with Crippen LogP contribution in [0.3, 0.4) is 0 Å².